The summed E-state index contributed by atoms with van der Waals surface area (Å²) in [4.78, 5) is 37.4. The monoisotopic (exact) mass is 405 g/mol. The van der Waals surface area contributed by atoms with Crippen molar-refractivity contribution in [2.75, 3.05) is 12.3 Å². The van der Waals surface area contributed by atoms with E-state index in [1.165, 1.54) is 0 Å². The van der Waals surface area contributed by atoms with E-state index in [0.717, 1.165) is 9.58 Å². The van der Waals surface area contributed by atoms with Gasteiger partial charge in [-0.15, -0.1) is 4.28 Å². The number of rotatable bonds is 5. The zero-order chi connectivity index (χ0) is 19.8. The molecule has 1 aromatic rings. The minimum atomic E-state index is -4.87. The summed E-state index contributed by atoms with van der Waals surface area (Å²) >= 11 is 0. The van der Waals surface area contributed by atoms with Crippen LogP contribution in [0.5, 0.6) is 0 Å². The van der Waals surface area contributed by atoms with Crippen molar-refractivity contribution in [3.63, 3.8) is 0 Å². The van der Waals surface area contributed by atoms with E-state index in [9.17, 15) is 22.8 Å². The molecule has 17 heteroatoms. The van der Waals surface area contributed by atoms with Gasteiger partial charge in [0.15, 0.2) is 0 Å². The van der Waals surface area contributed by atoms with Gasteiger partial charge in [0.1, 0.15) is 12.6 Å². The standard InChI is InChI=1S/C10H15N9O7S/c11-9-14-15-16-18(9)4-7(20)12-13-8(21)6-2-1-5-3-17(6)10(22)19(5)26-27(23,24)25/h5-6H,1-4H2,(H,12,20)(H,13,21)(H2,11,14,16)(H,23,24,25)/t5-,6+/m1/s1. The molecule has 3 heterocycles. The van der Waals surface area contributed by atoms with E-state index in [0.29, 0.717) is 5.06 Å². The van der Waals surface area contributed by atoms with E-state index < -0.39 is 40.3 Å². The van der Waals surface area contributed by atoms with Crippen molar-refractivity contribution >= 4 is 34.2 Å². The lowest BCUT2D eigenvalue weighted by Gasteiger charge is -2.29. The number of anilines is 1. The molecule has 0 unspecified atom stereocenters. The van der Waals surface area contributed by atoms with Crippen LogP contribution in [0.15, 0.2) is 0 Å². The quantitative estimate of drug-likeness (QED) is 0.277. The number of carbonyl (C=O) groups excluding carboxylic acids is 3. The Kier molecular flexibility index (Phi) is 4.81. The maximum Gasteiger partial charge on any atom is 0.418 e. The average molecular weight is 405 g/mol. The van der Waals surface area contributed by atoms with E-state index in [2.05, 4.69) is 30.7 Å². The molecule has 2 aliphatic rings. The minimum absolute atomic E-state index is 0.0293. The van der Waals surface area contributed by atoms with E-state index in [4.69, 9.17) is 10.3 Å². The Bertz CT molecular complexity index is 870. The molecule has 0 spiro atoms. The van der Waals surface area contributed by atoms with Gasteiger partial charge in [-0.3, -0.25) is 25.0 Å². The van der Waals surface area contributed by atoms with Crippen LogP contribution in [-0.4, -0.2) is 79.6 Å². The van der Waals surface area contributed by atoms with Gasteiger partial charge in [0.25, 0.3) is 11.8 Å². The summed E-state index contributed by atoms with van der Waals surface area (Å²) in [5.41, 5.74) is 9.72. The lowest BCUT2D eigenvalue weighted by Crippen LogP contribution is -2.54. The number of aromatic nitrogens is 4. The molecule has 16 nitrogen and oxygen atoms in total. The molecule has 2 aliphatic heterocycles. The van der Waals surface area contributed by atoms with Crippen LogP contribution < -0.4 is 16.6 Å². The van der Waals surface area contributed by atoms with E-state index in [-0.39, 0.29) is 31.9 Å². The number of hydrogen-bond acceptors (Lipinski definition) is 10. The van der Waals surface area contributed by atoms with Crippen molar-refractivity contribution < 1.29 is 31.6 Å². The lowest BCUT2D eigenvalue weighted by atomic mass is 10.0. The highest BCUT2D eigenvalue weighted by atomic mass is 32.3. The first kappa shape index (κ1) is 18.7. The van der Waals surface area contributed by atoms with Crippen molar-refractivity contribution in [3.8, 4) is 0 Å². The molecule has 4 amide bonds. The molecular formula is C10H15N9O7S. The van der Waals surface area contributed by atoms with Crippen LogP contribution in [-0.2, 0) is 30.8 Å². The Balaban J connectivity index is 1.56. The predicted octanol–water partition coefficient (Wildman–Crippen LogP) is -3.59. The molecule has 2 fully saturated rings. The number of nitrogens with zero attached hydrogens (tertiary/aromatic N) is 6. The number of nitrogen functional groups attached to an aromatic ring is 1. The van der Waals surface area contributed by atoms with E-state index in [1.54, 1.807) is 0 Å². The Morgan fingerprint density at radius 1 is 1.33 bits per heavy atom. The molecule has 1 aromatic heterocycles. The number of urea groups is 1. The fourth-order valence-electron chi connectivity index (χ4n) is 2.82. The molecule has 2 atom stereocenters. The second-order valence-corrected chi connectivity index (χ2v) is 6.75. The Labute approximate surface area is 151 Å². The summed E-state index contributed by atoms with van der Waals surface area (Å²) in [5.74, 6) is -1.44. The molecule has 0 radical (unpaired) electrons. The topological polar surface area (TPSA) is 215 Å². The Morgan fingerprint density at radius 3 is 2.70 bits per heavy atom. The summed E-state index contributed by atoms with van der Waals surface area (Å²) in [6.07, 6.45) is 0.453. The van der Waals surface area contributed by atoms with Gasteiger partial charge in [0.2, 0.25) is 5.95 Å². The molecule has 0 saturated carbocycles. The molecule has 0 aromatic carbocycles. The summed E-state index contributed by atoms with van der Waals surface area (Å²) in [6, 6.07) is -2.47. The van der Waals surface area contributed by atoms with Crippen LogP contribution in [0.4, 0.5) is 10.7 Å². The maximum atomic E-state index is 12.3. The van der Waals surface area contributed by atoms with Crippen molar-refractivity contribution in [2.45, 2.75) is 31.5 Å². The first-order chi connectivity index (χ1) is 12.7. The number of hydrazine groups is 1. The van der Waals surface area contributed by atoms with Gasteiger partial charge < -0.3 is 10.6 Å². The molecule has 3 rings (SSSR count). The third-order valence-corrected chi connectivity index (χ3v) is 4.33. The molecule has 2 saturated heterocycles. The second kappa shape index (κ2) is 6.93. The Hall–Kier alpha value is -3.05. The normalized spacial score (nSPS) is 22.0. The van der Waals surface area contributed by atoms with Gasteiger partial charge in [-0.25, -0.2) is 9.48 Å². The van der Waals surface area contributed by atoms with Gasteiger partial charge in [-0.2, -0.15) is 13.5 Å². The largest absolute Gasteiger partial charge is 0.418 e. The lowest BCUT2D eigenvalue weighted by molar-refractivity contribution is -0.132. The van der Waals surface area contributed by atoms with E-state index >= 15 is 0 Å². The minimum Gasteiger partial charge on any atom is -0.367 e. The third kappa shape index (κ3) is 4.04. The molecule has 5 N–H and O–H groups in total. The van der Waals surface area contributed by atoms with Crippen LogP contribution in [0.25, 0.3) is 0 Å². The summed E-state index contributed by atoms with van der Waals surface area (Å²) < 4.78 is 35.7. The number of hydroxylamine groups is 2. The average Bonchev–Trinajstić information content (AvgIpc) is 3.09. The van der Waals surface area contributed by atoms with Crippen molar-refractivity contribution in [1.82, 2.24) is 41.0 Å². The number of amides is 4. The smallest absolute Gasteiger partial charge is 0.367 e. The van der Waals surface area contributed by atoms with Gasteiger partial charge in [-0.1, -0.05) is 5.10 Å². The first-order valence-corrected chi connectivity index (χ1v) is 8.89. The highest BCUT2D eigenvalue weighted by molar-refractivity contribution is 7.80. The van der Waals surface area contributed by atoms with Crippen LogP contribution in [0, 0.1) is 0 Å². The zero-order valence-corrected chi connectivity index (χ0v) is 14.4. The molecule has 0 aliphatic carbocycles. The summed E-state index contributed by atoms with van der Waals surface area (Å²) in [6.45, 7) is -0.313. The van der Waals surface area contributed by atoms with Crippen molar-refractivity contribution in [3.05, 3.63) is 0 Å². The second-order valence-electron chi connectivity index (χ2n) is 5.74. The number of nitrogens with one attached hydrogen (secondary N) is 2. The zero-order valence-electron chi connectivity index (χ0n) is 13.5. The molecule has 2 bridgehead atoms. The van der Waals surface area contributed by atoms with Crippen molar-refractivity contribution in [2.24, 2.45) is 0 Å². The SMILES string of the molecule is Nc1nnnn1CC(=O)NNC(=O)[C@@H]1CC[C@@H]2CN1C(=O)N2OS(=O)(=O)O. The Morgan fingerprint density at radius 2 is 2.07 bits per heavy atom. The van der Waals surface area contributed by atoms with Gasteiger partial charge in [0.05, 0.1) is 6.04 Å². The van der Waals surface area contributed by atoms with Crippen LogP contribution in [0.2, 0.25) is 0 Å². The van der Waals surface area contributed by atoms with E-state index in [1.807, 2.05) is 0 Å². The van der Waals surface area contributed by atoms with Gasteiger partial charge >= 0.3 is 16.4 Å². The van der Waals surface area contributed by atoms with Gasteiger partial charge in [0, 0.05) is 6.54 Å². The van der Waals surface area contributed by atoms with Crippen LogP contribution in [0.1, 0.15) is 12.8 Å². The maximum absolute atomic E-state index is 12.3. The fraction of sp³-hybridized carbons (Fsp3) is 0.600. The van der Waals surface area contributed by atoms with Crippen molar-refractivity contribution in [1.29, 1.82) is 0 Å². The molecular weight excluding hydrogens is 390 g/mol. The highest BCUT2D eigenvalue weighted by Crippen LogP contribution is 2.30. The third-order valence-electron chi connectivity index (χ3n) is 3.98. The first-order valence-electron chi connectivity index (χ1n) is 7.53. The summed E-state index contributed by atoms with van der Waals surface area (Å²) in [7, 11) is -4.87. The highest BCUT2D eigenvalue weighted by Gasteiger charge is 2.49. The van der Waals surface area contributed by atoms with Gasteiger partial charge in [-0.05, 0) is 23.3 Å². The van der Waals surface area contributed by atoms with Crippen LogP contribution in [0.3, 0.4) is 0 Å². The number of hydrogen-bond donors (Lipinski definition) is 4. The number of tetrazole rings is 1. The number of carbonyl (C=O) groups is 3. The predicted molar refractivity (Wildman–Crippen MR) is 81.9 cm³/mol. The fourth-order valence-corrected chi connectivity index (χ4v) is 3.21. The molecule has 148 valence electrons. The number of piperidine rings is 1. The van der Waals surface area contributed by atoms with Crippen LogP contribution >= 0.6 is 0 Å². The number of fused-ring (bicyclic) bond motifs is 2. The number of nitrogens with two attached hydrogens (primary N) is 1. The summed E-state index contributed by atoms with van der Waals surface area (Å²) in [5, 5.41) is 10.6. The molecule has 27 heavy (non-hydrogen) atoms.